The molecule has 0 atom stereocenters. The molecule has 0 unspecified atom stereocenters. The van der Waals surface area contributed by atoms with Gasteiger partial charge < -0.3 is 15.1 Å². The van der Waals surface area contributed by atoms with Crippen molar-refractivity contribution in [3.63, 3.8) is 0 Å². The van der Waals surface area contributed by atoms with E-state index in [4.69, 9.17) is 0 Å². The van der Waals surface area contributed by atoms with Crippen molar-refractivity contribution in [3.8, 4) is 0 Å². The molecule has 3 heteroatoms. The Morgan fingerprint density at radius 1 is 0.950 bits per heavy atom. The first kappa shape index (κ1) is 14.8. The Labute approximate surface area is 125 Å². The van der Waals surface area contributed by atoms with Crippen molar-refractivity contribution < 1.29 is 0 Å². The maximum Gasteiger partial charge on any atom is 0.0308 e. The highest BCUT2D eigenvalue weighted by Gasteiger charge is 2.38. The van der Waals surface area contributed by atoms with E-state index in [1.807, 2.05) is 0 Å². The molecule has 20 heavy (non-hydrogen) atoms. The number of hydrogen-bond acceptors (Lipinski definition) is 3. The first-order chi connectivity index (χ1) is 9.59. The van der Waals surface area contributed by atoms with Gasteiger partial charge in [0, 0.05) is 18.6 Å². The van der Waals surface area contributed by atoms with Gasteiger partial charge in [0.05, 0.1) is 0 Å². The summed E-state index contributed by atoms with van der Waals surface area (Å²) in [5.74, 6) is 0. The minimum atomic E-state index is 0.471. The van der Waals surface area contributed by atoms with Gasteiger partial charge in [-0.1, -0.05) is 19.8 Å². The first-order valence-corrected chi connectivity index (χ1v) is 8.75. The van der Waals surface area contributed by atoms with Crippen molar-refractivity contribution >= 4 is 0 Å². The molecule has 3 rings (SSSR count). The monoisotopic (exact) mass is 279 g/mol. The summed E-state index contributed by atoms with van der Waals surface area (Å²) < 4.78 is 0. The fourth-order valence-corrected chi connectivity index (χ4v) is 4.60. The number of nitrogens with zero attached hydrogens (tertiary/aromatic N) is 2. The van der Waals surface area contributed by atoms with Gasteiger partial charge >= 0.3 is 0 Å². The lowest BCUT2D eigenvalue weighted by molar-refractivity contribution is 0.0771. The molecule has 3 fully saturated rings. The van der Waals surface area contributed by atoms with Crippen molar-refractivity contribution in [3.05, 3.63) is 0 Å². The second-order valence-electron chi connectivity index (χ2n) is 8.09. The van der Waals surface area contributed by atoms with Gasteiger partial charge in [0.2, 0.25) is 0 Å². The zero-order valence-electron chi connectivity index (χ0n) is 13.6. The molecule has 2 heterocycles. The summed E-state index contributed by atoms with van der Waals surface area (Å²) in [5.41, 5.74) is 1.02. The Kier molecular flexibility index (Phi) is 4.40. The Morgan fingerprint density at radius 3 is 2.35 bits per heavy atom. The van der Waals surface area contributed by atoms with E-state index >= 15 is 0 Å². The van der Waals surface area contributed by atoms with Crippen LogP contribution in [0, 0.1) is 5.41 Å². The molecule has 0 aromatic carbocycles. The summed E-state index contributed by atoms with van der Waals surface area (Å²) in [5, 5.41) is 3.89. The largest absolute Gasteiger partial charge is 0.310 e. The van der Waals surface area contributed by atoms with Gasteiger partial charge in [-0.15, -0.1) is 0 Å². The second-order valence-corrected chi connectivity index (χ2v) is 8.09. The van der Waals surface area contributed by atoms with E-state index in [1.54, 1.807) is 0 Å². The number of nitrogens with one attached hydrogen (secondary N) is 1. The van der Waals surface area contributed by atoms with E-state index in [0.717, 1.165) is 0 Å². The van der Waals surface area contributed by atoms with E-state index in [9.17, 15) is 0 Å². The van der Waals surface area contributed by atoms with Crippen molar-refractivity contribution in [2.75, 3.05) is 46.3 Å². The summed E-state index contributed by atoms with van der Waals surface area (Å²) in [6.45, 7) is 10.3. The summed E-state index contributed by atoms with van der Waals surface area (Å²) in [6, 6.07) is 0. The van der Waals surface area contributed by atoms with Crippen LogP contribution in [-0.2, 0) is 0 Å². The predicted molar refractivity (Wildman–Crippen MR) is 85.1 cm³/mol. The van der Waals surface area contributed by atoms with Crippen LogP contribution < -0.4 is 5.32 Å². The third-order valence-corrected chi connectivity index (χ3v) is 6.04. The average molecular weight is 279 g/mol. The highest BCUT2D eigenvalue weighted by Crippen LogP contribution is 2.35. The van der Waals surface area contributed by atoms with Crippen LogP contribution >= 0.6 is 0 Å². The fourth-order valence-electron chi connectivity index (χ4n) is 4.60. The molecule has 0 aromatic rings. The molecule has 1 aliphatic carbocycles. The smallest absolute Gasteiger partial charge is 0.0308 e. The maximum absolute atomic E-state index is 3.89. The molecule has 0 bridgehead atoms. The lowest BCUT2D eigenvalue weighted by atomic mass is 9.79. The number of piperidine rings is 1. The van der Waals surface area contributed by atoms with Gasteiger partial charge in [-0.25, -0.2) is 0 Å². The Hall–Kier alpha value is -0.120. The number of hydrogen-bond donors (Lipinski definition) is 1. The zero-order chi connectivity index (χ0) is 14.1. The Morgan fingerprint density at radius 2 is 1.65 bits per heavy atom. The molecule has 116 valence electrons. The summed E-state index contributed by atoms with van der Waals surface area (Å²) in [6.07, 6.45) is 9.76. The van der Waals surface area contributed by atoms with Crippen molar-refractivity contribution in [2.45, 2.75) is 57.4 Å². The lowest BCUT2D eigenvalue weighted by Crippen LogP contribution is -2.52. The lowest BCUT2D eigenvalue weighted by Gasteiger charge is -2.43. The maximum atomic E-state index is 3.89. The minimum absolute atomic E-state index is 0.471. The van der Waals surface area contributed by atoms with Crippen LogP contribution in [-0.4, -0.2) is 61.7 Å². The van der Waals surface area contributed by atoms with Gasteiger partial charge in [-0.3, -0.25) is 0 Å². The average Bonchev–Trinajstić information content (AvgIpc) is 2.77. The van der Waals surface area contributed by atoms with Crippen molar-refractivity contribution in [1.29, 1.82) is 0 Å². The summed E-state index contributed by atoms with van der Waals surface area (Å²) in [7, 11) is 2.27. The molecule has 2 saturated heterocycles. The molecule has 1 saturated carbocycles. The minimum Gasteiger partial charge on any atom is -0.310 e. The zero-order valence-corrected chi connectivity index (χ0v) is 13.6. The van der Waals surface area contributed by atoms with Gasteiger partial charge in [0.25, 0.3) is 0 Å². The SMILES string of the molecule is CN1CCC(C)(CN2CCCNC3(CCCC3)C2)CC1. The third kappa shape index (κ3) is 3.37. The fraction of sp³-hybridized carbons (Fsp3) is 1.00. The van der Waals surface area contributed by atoms with E-state index in [1.165, 1.54) is 84.2 Å². The van der Waals surface area contributed by atoms with Gasteiger partial charge in [-0.2, -0.15) is 0 Å². The standard InChI is InChI=1S/C17H33N3/c1-16(8-12-19(2)13-9-16)14-20-11-5-10-18-17(15-20)6-3-4-7-17/h18H,3-15H2,1-2H3. The van der Waals surface area contributed by atoms with E-state index in [2.05, 4.69) is 29.1 Å². The molecular formula is C17H33N3. The summed E-state index contributed by atoms with van der Waals surface area (Å²) >= 11 is 0. The van der Waals surface area contributed by atoms with Crippen LogP contribution in [0.1, 0.15) is 51.9 Å². The van der Waals surface area contributed by atoms with Crippen LogP contribution in [0.4, 0.5) is 0 Å². The molecule has 0 radical (unpaired) electrons. The topological polar surface area (TPSA) is 18.5 Å². The van der Waals surface area contributed by atoms with Gasteiger partial charge in [0.1, 0.15) is 0 Å². The molecule has 3 aliphatic rings. The molecule has 0 amide bonds. The molecule has 1 N–H and O–H groups in total. The highest BCUT2D eigenvalue weighted by atomic mass is 15.2. The normalized spacial score (nSPS) is 31.5. The quantitative estimate of drug-likeness (QED) is 0.837. The van der Waals surface area contributed by atoms with Crippen molar-refractivity contribution in [1.82, 2.24) is 15.1 Å². The van der Waals surface area contributed by atoms with Gasteiger partial charge in [0.15, 0.2) is 0 Å². The molecule has 3 nitrogen and oxygen atoms in total. The van der Waals surface area contributed by atoms with E-state index in [-0.39, 0.29) is 0 Å². The molecule has 0 aromatic heterocycles. The summed E-state index contributed by atoms with van der Waals surface area (Å²) in [4.78, 5) is 5.29. The molecule has 1 spiro atoms. The number of rotatable bonds is 2. The molecule has 2 aliphatic heterocycles. The van der Waals surface area contributed by atoms with E-state index < -0.39 is 0 Å². The predicted octanol–water partition coefficient (Wildman–Crippen LogP) is 2.33. The highest BCUT2D eigenvalue weighted by molar-refractivity contribution is 4.98. The third-order valence-electron chi connectivity index (χ3n) is 6.04. The van der Waals surface area contributed by atoms with Gasteiger partial charge in [-0.05, 0) is 70.7 Å². The van der Waals surface area contributed by atoms with Crippen LogP contribution in [0.25, 0.3) is 0 Å². The van der Waals surface area contributed by atoms with Crippen LogP contribution in [0.5, 0.6) is 0 Å². The van der Waals surface area contributed by atoms with E-state index in [0.29, 0.717) is 11.0 Å². The Bertz CT molecular complexity index is 314. The van der Waals surface area contributed by atoms with Crippen LogP contribution in [0.2, 0.25) is 0 Å². The van der Waals surface area contributed by atoms with Crippen molar-refractivity contribution in [2.24, 2.45) is 5.41 Å². The number of likely N-dealkylation sites (tertiary alicyclic amines) is 1. The van der Waals surface area contributed by atoms with Crippen LogP contribution in [0.3, 0.4) is 0 Å². The Balaban J connectivity index is 1.60. The van der Waals surface area contributed by atoms with Crippen LogP contribution in [0.15, 0.2) is 0 Å². The second kappa shape index (κ2) is 5.94. The molecular weight excluding hydrogens is 246 g/mol. The first-order valence-electron chi connectivity index (χ1n) is 8.75.